The number of H-pyrrole nitrogens is 1. The minimum Gasteiger partial charge on any atom is -0.405 e. The maximum atomic E-state index is 11.9. The van der Waals surface area contributed by atoms with E-state index in [-0.39, 0.29) is 10.9 Å². The van der Waals surface area contributed by atoms with Crippen LogP contribution in [0.25, 0.3) is 0 Å². The minimum absolute atomic E-state index is 0.1000. The van der Waals surface area contributed by atoms with Crippen molar-refractivity contribution in [3.05, 3.63) is 27.7 Å². The smallest absolute Gasteiger partial charge is 0.405 e. The molecule has 0 radical (unpaired) electrons. The molecule has 7 heteroatoms. The molecule has 1 N–H and O–H groups in total. The van der Waals surface area contributed by atoms with E-state index in [0.29, 0.717) is 5.69 Å². The lowest BCUT2D eigenvalue weighted by atomic mass is 10.2. The quantitative estimate of drug-likeness (QED) is 0.849. The molecule has 0 spiro atoms. The van der Waals surface area contributed by atoms with Gasteiger partial charge in [-0.2, -0.15) is 0 Å². The third-order valence-corrected chi connectivity index (χ3v) is 2.26. The van der Waals surface area contributed by atoms with E-state index in [9.17, 15) is 18.0 Å². The van der Waals surface area contributed by atoms with Crippen molar-refractivity contribution in [3.63, 3.8) is 0 Å². The predicted octanol–water partition coefficient (Wildman–Crippen LogP) is 2.48. The van der Waals surface area contributed by atoms with Crippen molar-refractivity contribution in [3.8, 4) is 5.75 Å². The molecular weight excluding hydrogens is 279 g/mol. The Balaban J connectivity index is 3.17. The minimum atomic E-state index is -4.79. The van der Waals surface area contributed by atoms with Crippen LogP contribution >= 0.6 is 15.9 Å². The first-order valence-electron chi connectivity index (χ1n) is 3.88. The van der Waals surface area contributed by atoms with Crippen molar-refractivity contribution >= 4 is 15.9 Å². The summed E-state index contributed by atoms with van der Waals surface area (Å²) >= 11 is 3.02. The van der Waals surface area contributed by atoms with Gasteiger partial charge < -0.3 is 9.72 Å². The van der Waals surface area contributed by atoms with Crippen molar-refractivity contribution in [1.82, 2.24) is 4.98 Å². The van der Waals surface area contributed by atoms with E-state index in [2.05, 4.69) is 25.7 Å². The molecule has 0 aliphatic carbocycles. The summed E-state index contributed by atoms with van der Waals surface area (Å²) < 4.78 is 39.5. The summed E-state index contributed by atoms with van der Waals surface area (Å²) in [6.45, 7) is 1.26. The molecule has 15 heavy (non-hydrogen) atoms. The highest BCUT2D eigenvalue weighted by molar-refractivity contribution is 9.08. The number of rotatable bonds is 2. The van der Waals surface area contributed by atoms with Gasteiger partial charge in [-0.3, -0.25) is 4.79 Å². The fourth-order valence-corrected chi connectivity index (χ4v) is 1.26. The van der Waals surface area contributed by atoms with Crippen molar-refractivity contribution in [2.45, 2.75) is 18.6 Å². The number of hydrogen-bond acceptors (Lipinski definition) is 2. The molecule has 1 heterocycles. The summed E-state index contributed by atoms with van der Waals surface area (Å²) in [7, 11) is 0. The van der Waals surface area contributed by atoms with Gasteiger partial charge in [0.15, 0.2) is 0 Å². The monoisotopic (exact) mass is 285 g/mol. The summed E-state index contributed by atoms with van der Waals surface area (Å²) in [5.41, 5.74) is -0.368. The van der Waals surface area contributed by atoms with Crippen LogP contribution in [0.3, 0.4) is 0 Å². The molecule has 0 atom stereocenters. The Hall–Kier alpha value is -0.980. The van der Waals surface area contributed by atoms with Crippen molar-refractivity contribution in [1.29, 1.82) is 0 Å². The van der Waals surface area contributed by atoms with Crippen molar-refractivity contribution in [2.24, 2.45) is 0 Å². The van der Waals surface area contributed by atoms with Crippen LogP contribution in [0, 0.1) is 6.92 Å². The van der Waals surface area contributed by atoms with Gasteiger partial charge in [-0.1, -0.05) is 15.9 Å². The van der Waals surface area contributed by atoms with Gasteiger partial charge in [-0.05, 0) is 6.92 Å². The number of ether oxygens (including phenoxy) is 1. The zero-order valence-corrected chi connectivity index (χ0v) is 9.20. The Kier molecular flexibility index (Phi) is 3.43. The summed E-state index contributed by atoms with van der Waals surface area (Å²) in [4.78, 5) is 13.6. The van der Waals surface area contributed by atoms with Gasteiger partial charge in [0.25, 0.3) is 5.56 Å². The Bertz CT molecular complexity index is 413. The van der Waals surface area contributed by atoms with Gasteiger partial charge in [0, 0.05) is 17.1 Å². The van der Waals surface area contributed by atoms with E-state index < -0.39 is 17.7 Å². The fourth-order valence-electron chi connectivity index (χ4n) is 0.957. The van der Waals surface area contributed by atoms with Gasteiger partial charge in [0.2, 0.25) is 0 Å². The molecule has 0 aliphatic rings. The molecule has 0 aliphatic heterocycles. The van der Waals surface area contributed by atoms with E-state index in [0.717, 1.165) is 6.07 Å². The zero-order chi connectivity index (χ0) is 11.6. The van der Waals surface area contributed by atoms with Gasteiger partial charge in [-0.15, -0.1) is 13.2 Å². The second-order valence-corrected chi connectivity index (χ2v) is 3.36. The van der Waals surface area contributed by atoms with E-state index in [1.165, 1.54) is 6.92 Å². The second-order valence-electron chi connectivity index (χ2n) is 2.79. The van der Waals surface area contributed by atoms with E-state index >= 15 is 0 Å². The lowest BCUT2D eigenvalue weighted by molar-refractivity contribution is -0.274. The van der Waals surface area contributed by atoms with Crippen molar-refractivity contribution < 1.29 is 17.9 Å². The van der Waals surface area contributed by atoms with Crippen LogP contribution in [0.1, 0.15) is 11.3 Å². The molecule has 84 valence electrons. The molecule has 0 amide bonds. The SMILES string of the molecule is Cc1c(OC(F)(F)F)cc(CBr)[nH]c1=O. The van der Waals surface area contributed by atoms with Gasteiger partial charge in [0.05, 0.1) is 5.56 Å². The first-order valence-corrected chi connectivity index (χ1v) is 5.00. The van der Waals surface area contributed by atoms with Crippen LogP contribution in [0.2, 0.25) is 0 Å². The molecule has 1 aromatic rings. The number of aromatic amines is 1. The predicted molar refractivity (Wildman–Crippen MR) is 51.1 cm³/mol. The summed E-state index contributed by atoms with van der Waals surface area (Å²) in [6, 6.07) is 1.14. The first kappa shape index (κ1) is 12.1. The lowest BCUT2D eigenvalue weighted by Gasteiger charge is -2.11. The zero-order valence-electron chi connectivity index (χ0n) is 7.61. The summed E-state index contributed by atoms with van der Waals surface area (Å²) in [6.07, 6.45) is -4.79. The van der Waals surface area contributed by atoms with E-state index in [4.69, 9.17) is 0 Å². The molecule has 0 fully saturated rings. The third kappa shape index (κ3) is 3.26. The highest BCUT2D eigenvalue weighted by atomic mass is 79.9. The number of pyridine rings is 1. The average Bonchev–Trinajstić information content (AvgIpc) is 2.10. The lowest BCUT2D eigenvalue weighted by Crippen LogP contribution is -2.21. The molecule has 0 saturated heterocycles. The largest absolute Gasteiger partial charge is 0.573 e. The highest BCUT2D eigenvalue weighted by Gasteiger charge is 2.32. The first-order chi connectivity index (χ1) is 6.83. The Morgan fingerprint density at radius 2 is 2.13 bits per heavy atom. The standard InChI is InChI=1S/C8H7BrF3NO2/c1-4-6(15-8(10,11)12)2-5(3-9)13-7(4)14/h2H,3H2,1H3,(H,13,14). The van der Waals surface area contributed by atoms with Crippen LogP contribution in [-0.2, 0) is 5.33 Å². The van der Waals surface area contributed by atoms with Crippen LogP contribution in [0.5, 0.6) is 5.75 Å². The van der Waals surface area contributed by atoms with Crippen LogP contribution in [0.15, 0.2) is 10.9 Å². The average molecular weight is 286 g/mol. The maximum Gasteiger partial charge on any atom is 0.573 e. The van der Waals surface area contributed by atoms with Crippen molar-refractivity contribution in [2.75, 3.05) is 0 Å². The molecule has 0 saturated carbocycles. The molecule has 1 rings (SSSR count). The van der Waals surface area contributed by atoms with Gasteiger partial charge in [-0.25, -0.2) is 0 Å². The topological polar surface area (TPSA) is 42.1 Å². The van der Waals surface area contributed by atoms with E-state index in [1.54, 1.807) is 0 Å². The van der Waals surface area contributed by atoms with Crippen LogP contribution in [-0.4, -0.2) is 11.3 Å². The van der Waals surface area contributed by atoms with Gasteiger partial charge >= 0.3 is 6.36 Å². The van der Waals surface area contributed by atoms with Crippen LogP contribution in [0.4, 0.5) is 13.2 Å². The number of alkyl halides is 4. The highest BCUT2D eigenvalue weighted by Crippen LogP contribution is 2.24. The Labute approximate surface area is 91.4 Å². The Morgan fingerprint density at radius 3 is 2.60 bits per heavy atom. The maximum absolute atomic E-state index is 11.9. The summed E-state index contributed by atoms with van der Waals surface area (Å²) in [5, 5.41) is 0.247. The molecule has 1 aromatic heterocycles. The normalized spacial score (nSPS) is 11.5. The van der Waals surface area contributed by atoms with Gasteiger partial charge in [0.1, 0.15) is 5.75 Å². The summed E-state index contributed by atoms with van der Waals surface area (Å²) in [5.74, 6) is -0.472. The number of hydrogen-bond donors (Lipinski definition) is 1. The number of halogens is 4. The fraction of sp³-hybridized carbons (Fsp3) is 0.375. The number of aromatic nitrogens is 1. The molecular formula is C8H7BrF3NO2. The molecule has 3 nitrogen and oxygen atoms in total. The molecule has 0 bridgehead atoms. The van der Waals surface area contributed by atoms with E-state index in [1.807, 2.05) is 0 Å². The second kappa shape index (κ2) is 4.26. The molecule has 0 unspecified atom stereocenters. The Morgan fingerprint density at radius 1 is 1.53 bits per heavy atom. The van der Waals surface area contributed by atoms with Crippen LogP contribution < -0.4 is 10.3 Å². The number of nitrogens with one attached hydrogen (secondary N) is 1. The molecule has 0 aromatic carbocycles. The third-order valence-electron chi connectivity index (χ3n) is 1.66.